The first-order valence-corrected chi connectivity index (χ1v) is 9.33. The number of amides is 1. The summed E-state index contributed by atoms with van der Waals surface area (Å²) in [6.45, 7) is 7.28. The summed E-state index contributed by atoms with van der Waals surface area (Å²) in [6, 6.07) is 11.4. The van der Waals surface area contributed by atoms with Crippen molar-refractivity contribution in [2.45, 2.75) is 27.7 Å². The van der Waals surface area contributed by atoms with Gasteiger partial charge >= 0.3 is 5.97 Å². The number of ether oxygens (including phenoxy) is 1. The van der Waals surface area contributed by atoms with Gasteiger partial charge in [0.05, 0.1) is 16.9 Å². The van der Waals surface area contributed by atoms with Crippen LogP contribution in [0.25, 0.3) is 5.69 Å². The van der Waals surface area contributed by atoms with Gasteiger partial charge in [-0.25, -0.2) is 9.48 Å². The lowest BCUT2D eigenvalue weighted by molar-refractivity contribution is -0.119. The number of hydrogen-bond donors (Lipinski definition) is 1. The molecular formula is C20H21N3O3S. The van der Waals surface area contributed by atoms with E-state index in [2.05, 4.69) is 10.4 Å². The zero-order chi connectivity index (χ0) is 19.6. The number of thiophene rings is 1. The van der Waals surface area contributed by atoms with Crippen molar-refractivity contribution in [3.8, 4) is 5.69 Å². The van der Waals surface area contributed by atoms with E-state index in [1.54, 1.807) is 16.8 Å². The number of nitrogens with zero attached hydrogens (tertiary/aromatic N) is 2. The predicted octanol–water partition coefficient (Wildman–Crippen LogP) is 3.96. The van der Waals surface area contributed by atoms with E-state index < -0.39 is 11.9 Å². The Bertz CT molecular complexity index is 987. The average Bonchev–Trinajstić information content (AvgIpc) is 3.15. The number of aromatic nitrogens is 2. The third-order valence-electron chi connectivity index (χ3n) is 3.97. The van der Waals surface area contributed by atoms with Gasteiger partial charge in [0, 0.05) is 15.8 Å². The Morgan fingerprint density at radius 1 is 1.11 bits per heavy atom. The van der Waals surface area contributed by atoms with Gasteiger partial charge in [0.15, 0.2) is 6.61 Å². The number of hydrogen-bond acceptors (Lipinski definition) is 5. The summed E-state index contributed by atoms with van der Waals surface area (Å²) in [5.74, 6) is -0.378. The molecule has 0 spiro atoms. The van der Waals surface area contributed by atoms with Crippen molar-refractivity contribution in [1.82, 2.24) is 9.78 Å². The number of nitrogens with one attached hydrogen (secondary N) is 1. The molecule has 1 amide bonds. The first-order valence-electron chi connectivity index (χ1n) is 8.51. The monoisotopic (exact) mass is 383 g/mol. The Hall–Kier alpha value is -2.93. The molecule has 0 bridgehead atoms. The molecule has 2 aromatic heterocycles. The lowest BCUT2D eigenvalue weighted by Crippen LogP contribution is -2.22. The number of benzene rings is 1. The van der Waals surface area contributed by atoms with E-state index in [4.69, 9.17) is 4.74 Å². The second-order valence-electron chi connectivity index (χ2n) is 6.37. The molecule has 0 fully saturated rings. The van der Waals surface area contributed by atoms with Crippen molar-refractivity contribution in [3.63, 3.8) is 0 Å². The Kier molecular flexibility index (Phi) is 5.41. The van der Waals surface area contributed by atoms with E-state index in [0.717, 1.165) is 26.7 Å². The summed E-state index contributed by atoms with van der Waals surface area (Å²) in [5, 5.41) is 7.17. The van der Waals surface area contributed by atoms with Crippen molar-refractivity contribution in [3.05, 3.63) is 63.0 Å². The van der Waals surface area contributed by atoms with Gasteiger partial charge in [-0.15, -0.1) is 11.3 Å². The maximum atomic E-state index is 12.3. The molecule has 0 saturated heterocycles. The van der Waals surface area contributed by atoms with Crippen molar-refractivity contribution >= 4 is 29.0 Å². The largest absolute Gasteiger partial charge is 0.452 e. The van der Waals surface area contributed by atoms with Crippen LogP contribution in [0.4, 0.5) is 5.82 Å². The quantitative estimate of drug-likeness (QED) is 0.677. The number of carbonyl (C=O) groups excluding carboxylic acids is 2. The van der Waals surface area contributed by atoms with Gasteiger partial charge in [0.2, 0.25) is 0 Å². The minimum Gasteiger partial charge on any atom is -0.452 e. The minimum absolute atomic E-state index is 0.356. The second kappa shape index (κ2) is 7.75. The summed E-state index contributed by atoms with van der Waals surface area (Å²) in [7, 11) is 0. The fraction of sp³-hybridized carbons (Fsp3) is 0.250. The number of aryl methyl sites for hydroxylation is 4. The number of carbonyl (C=O) groups is 2. The van der Waals surface area contributed by atoms with Gasteiger partial charge < -0.3 is 10.1 Å². The summed E-state index contributed by atoms with van der Waals surface area (Å²) in [5.41, 5.74) is 3.25. The normalized spacial score (nSPS) is 10.7. The van der Waals surface area contributed by atoms with Gasteiger partial charge in [-0.1, -0.05) is 17.7 Å². The van der Waals surface area contributed by atoms with Crippen molar-refractivity contribution in [2.75, 3.05) is 11.9 Å². The minimum atomic E-state index is -0.491. The third-order valence-corrected chi connectivity index (χ3v) is 4.94. The van der Waals surface area contributed by atoms with Gasteiger partial charge in [0.25, 0.3) is 5.91 Å². The molecule has 3 aromatic rings. The molecule has 1 aromatic carbocycles. The highest BCUT2D eigenvalue weighted by atomic mass is 32.1. The Balaban J connectivity index is 1.67. The van der Waals surface area contributed by atoms with Crippen LogP contribution in [0.5, 0.6) is 0 Å². The molecular weight excluding hydrogens is 362 g/mol. The highest BCUT2D eigenvalue weighted by Crippen LogP contribution is 2.21. The van der Waals surface area contributed by atoms with Crippen LogP contribution in [0.3, 0.4) is 0 Å². The number of anilines is 1. The zero-order valence-corrected chi connectivity index (χ0v) is 16.5. The zero-order valence-electron chi connectivity index (χ0n) is 15.7. The molecule has 0 saturated carbocycles. The lowest BCUT2D eigenvalue weighted by Gasteiger charge is -2.09. The Morgan fingerprint density at radius 2 is 1.81 bits per heavy atom. The molecule has 0 aliphatic heterocycles. The maximum absolute atomic E-state index is 12.3. The molecule has 27 heavy (non-hydrogen) atoms. The number of esters is 1. The Labute approximate surface area is 161 Å². The molecule has 7 heteroatoms. The van der Waals surface area contributed by atoms with Crippen LogP contribution in [0, 0.1) is 27.7 Å². The first-order chi connectivity index (χ1) is 12.8. The van der Waals surface area contributed by atoms with Crippen LogP contribution in [0.2, 0.25) is 0 Å². The van der Waals surface area contributed by atoms with Gasteiger partial charge in [-0.05, 0) is 45.9 Å². The van der Waals surface area contributed by atoms with Gasteiger partial charge in [-0.2, -0.15) is 5.10 Å². The highest BCUT2D eigenvalue weighted by Gasteiger charge is 2.16. The average molecular weight is 383 g/mol. The van der Waals surface area contributed by atoms with Crippen LogP contribution < -0.4 is 5.32 Å². The summed E-state index contributed by atoms with van der Waals surface area (Å²) in [4.78, 5) is 26.3. The van der Waals surface area contributed by atoms with E-state index in [1.165, 1.54) is 11.3 Å². The smallest absolute Gasteiger partial charge is 0.339 e. The van der Waals surface area contributed by atoms with Crippen molar-refractivity contribution < 1.29 is 14.3 Å². The van der Waals surface area contributed by atoms with Crippen molar-refractivity contribution in [2.24, 2.45) is 0 Å². The first kappa shape index (κ1) is 18.8. The topological polar surface area (TPSA) is 73.2 Å². The molecule has 0 atom stereocenters. The molecule has 1 N–H and O–H groups in total. The van der Waals surface area contributed by atoms with E-state index in [-0.39, 0.29) is 6.61 Å². The third kappa shape index (κ3) is 4.43. The van der Waals surface area contributed by atoms with Crippen LogP contribution in [0.1, 0.15) is 31.4 Å². The highest BCUT2D eigenvalue weighted by molar-refractivity contribution is 7.12. The Morgan fingerprint density at radius 3 is 2.44 bits per heavy atom. The maximum Gasteiger partial charge on any atom is 0.339 e. The molecule has 3 rings (SSSR count). The molecule has 0 aliphatic rings. The van der Waals surface area contributed by atoms with E-state index in [0.29, 0.717) is 11.4 Å². The summed E-state index contributed by atoms with van der Waals surface area (Å²) < 4.78 is 6.80. The molecule has 6 nitrogen and oxygen atoms in total. The standard InChI is InChI=1S/C20H21N3O3S/c1-12-5-7-16(8-6-12)23-18(9-13(2)22-23)21-19(24)11-26-20(25)17-10-14(3)27-15(17)4/h5-10H,11H2,1-4H3,(H,21,24). The molecule has 2 heterocycles. The van der Waals surface area contributed by atoms with Crippen LogP contribution in [-0.4, -0.2) is 28.3 Å². The van der Waals surface area contributed by atoms with Crippen molar-refractivity contribution in [1.29, 1.82) is 0 Å². The van der Waals surface area contributed by atoms with E-state index in [9.17, 15) is 9.59 Å². The summed E-state index contributed by atoms with van der Waals surface area (Å²) in [6.07, 6.45) is 0. The summed E-state index contributed by atoms with van der Waals surface area (Å²) >= 11 is 1.52. The van der Waals surface area contributed by atoms with Gasteiger partial charge in [-0.3, -0.25) is 4.79 Å². The SMILES string of the molecule is Cc1ccc(-n2nc(C)cc2NC(=O)COC(=O)c2cc(C)sc2C)cc1. The fourth-order valence-corrected chi connectivity index (χ4v) is 3.60. The van der Waals surface area contributed by atoms with E-state index >= 15 is 0 Å². The van der Waals surface area contributed by atoms with Crippen LogP contribution in [-0.2, 0) is 9.53 Å². The number of rotatable bonds is 5. The second-order valence-corrected chi connectivity index (χ2v) is 7.83. The molecule has 0 unspecified atom stereocenters. The predicted molar refractivity (Wildman–Crippen MR) is 106 cm³/mol. The van der Waals surface area contributed by atoms with Gasteiger partial charge in [0.1, 0.15) is 5.82 Å². The fourth-order valence-electron chi connectivity index (χ4n) is 2.69. The lowest BCUT2D eigenvalue weighted by atomic mass is 10.2. The molecule has 0 radical (unpaired) electrons. The molecule has 0 aliphatic carbocycles. The van der Waals surface area contributed by atoms with Crippen LogP contribution >= 0.6 is 11.3 Å². The van der Waals surface area contributed by atoms with Crippen LogP contribution in [0.15, 0.2) is 36.4 Å². The molecule has 140 valence electrons. The van der Waals surface area contributed by atoms with E-state index in [1.807, 2.05) is 52.0 Å².